The zero-order valence-corrected chi connectivity index (χ0v) is 11.2. The summed E-state index contributed by atoms with van der Waals surface area (Å²) in [7, 11) is 1.32. The molecule has 18 heavy (non-hydrogen) atoms. The number of imidazole rings is 1. The number of rotatable bonds is 4. The zero-order valence-electron chi connectivity index (χ0n) is 10.3. The van der Waals surface area contributed by atoms with Gasteiger partial charge in [0.1, 0.15) is 11.6 Å². The first-order valence-electron chi connectivity index (χ1n) is 5.55. The summed E-state index contributed by atoms with van der Waals surface area (Å²) in [6.07, 6.45) is 0.867. The van der Waals surface area contributed by atoms with Crippen molar-refractivity contribution in [2.24, 2.45) is 0 Å². The summed E-state index contributed by atoms with van der Waals surface area (Å²) in [5.74, 6) is 0.600. The van der Waals surface area contributed by atoms with Crippen molar-refractivity contribution in [1.82, 2.24) is 9.55 Å². The van der Waals surface area contributed by atoms with Crippen LogP contribution >= 0.6 is 11.3 Å². The number of nitrogens with two attached hydrogens (primary N) is 1. The van der Waals surface area contributed by atoms with E-state index in [9.17, 15) is 4.79 Å². The largest absolute Gasteiger partial charge is 0.464 e. The van der Waals surface area contributed by atoms with Crippen molar-refractivity contribution in [2.75, 3.05) is 12.8 Å². The molecule has 2 N–H and O–H groups in total. The van der Waals surface area contributed by atoms with E-state index in [2.05, 4.69) is 21.2 Å². The molecular formula is C12H15N3O2S. The van der Waals surface area contributed by atoms with Crippen molar-refractivity contribution in [3.05, 3.63) is 33.9 Å². The van der Waals surface area contributed by atoms with Crippen LogP contribution in [0, 0.1) is 6.92 Å². The topological polar surface area (TPSA) is 70.1 Å². The number of carbonyl (C=O) groups is 1. The van der Waals surface area contributed by atoms with E-state index >= 15 is 0 Å². The van der Waals surface area contributed by atoms with Crippen LogP contribution in [0.3, 0.4) is 0 Å². The van der Waals surface area contributed by atoms with Gasteiger partial charge in [-0.15, -0.1) is 0 Å². The lowest BCUT2D eigenvalue weighted by atomic mass is 10.2. The van der Waals surface area contributed by atoms with E-state index in [1.165, 1.54) is 12.7 Å². The van der Waals surface area contributed by atoms with E-state index in [1.54, 1.807) is 11.3 Å². The summed E-state index contributed by atoms with van der Waals surface area (Å²) in [4.78, 5) is 15.6. The molecule has 0 aliphatic carbocycles. The Morgan fingerprint density at radius 1 is 1.61 bits per heavy atom. The summed E-state index contributed by atoms with van der Waals surface area (Å²) < 4.78 is 6.48. The van der Waals surface area contributed by atoms with Crippen LogP contribution in [0.15, 0.2) is 16.8 Å². The molecule has 0 amide bonds. The highest BCUT2D eigenvalue weighted by Gasteiger charge is 2.18. The van der Waals surface area contributed by atoms with E-state index in [4.69, 9.17) is 5.73 Å². The van der Waals surface area contributed by atoms with Crippen molar-refractivity contribution in [2.45, 2.75) is 19.9 Å². The maximum atomic E-state index is 11.5. The monoisotopic (exact) mass is 265 g/mol. The van der Waals surface area contributed by atoms with Crippen molar-refractivity contribution >= 4 is 23.1 Å². The van der Waals surface area contributed by atoms with E-state index < -0.39 is 5.97 Å². The number of nitrogen functional groups attached to an aromatic ring is 1. The van der Waals surface area contributed by atoms with Crippen LogP contribution in [0.4, 0.5) is 5.82 Å². The summed E-state index contributed by atoms with van der Waals surface area (Å²) in [5.41, 5.74) is 7.37. The Bertz CT molecular complexity index is 546. The Labute approximate surface area is 109 Å². The second-order valence-corrected chi connectivity index (χ2v) is 4.70. The van der Waals surface area contributed by atoms with Crippen LogP contribution < -0.4 is 5.73 Å². The number of carbonyl (C=O) groups excluding carboxylic acids is 1. The zero-order chi connectivity index (χ0) is 13.1. The Balaban J connectivity index is 2.18. The van der Waals surface area contributed by atoms with Gasteiger partial charge in [-0.2, -0.15) is 11.3 Å². The van der Waals surface area contributed by atoms with Gasteiger partial charge in [-0.3, -0.25) is 0 Å². The van der Waals surface area contributed by atoms with Crippen molar-refractivity contribution in [3.8, 4) is 0 Å². The first-order valence-corrected chi connectivity index (χ1v) is 6.49. The minimum atomic E-state index is -0.495. The lowest BCUT2D eigenvalue weighted by Crippen LogP contribution is -2.10. The minimum Gasteiger partial charge on any atom is -0.464 e. The van der Waals surface area contributed by atoms with Gasteiger partial charge in [-0.05, 0) is 35.7 Å². The fourth-order valence-electron chi connectivity index (χ4n) is 1.79. The number of anilines is 1. The molecule has 5 nitrogen and oxygen atoms in total. The molecule has 2 rings (SSSR count). The molecular weight excluding hydrogens is 250 g/mol. The van der Waals surface area contributed by atoms with Gasteiger partial charge in [0.05, 0.1) is 7.11 Å². The number of aryl methyl sites for hydroxylation is 2. The minimum absolute atomic E-state index is 0.195. The van der Waals surface area contributed by atoms with Gasteiger partial charge in [0, 0.05) is 6.54 Å². The third kappa shape index (κ3) is 2.38. The highest BCUT2D eigenvalue weighted by Crippen LogP contribution is 2.16. The second kappa shape index (κ2) is 5.22. The second-order valence-electron chi connectivity index (χ2n) is 3.92. The SMILES string of the molecule is COC(=O)c1nc(C)n(CCc2ccsc2)c1N. The molecule has 6 heteroatoms. The number of nitrogens with zero attached hydrogens (tertiary/aromatic N) is 2. The first-order chi connectivity index (χ1) is 8.63. The molecule has 2 heterocycles. The number of hydrogen-bond acceptors (Lipinski definition) is 5. The van der Waals surface area contributed by atoms with Crippen LogP contribution in [0.25, 0.3) is 0 Å². The highest BCUT2D eigenvalue weighted by atomic mass is 32.1. The summed E-state index contributed by atoms with van der Waals surface area (Å²) >= 11 is 1.67. The summed E-state index contributed by atoms with van der Waals surface area (Å²) in [6, 6.07) is 2.08. The third-order valence-electron chi connectivity index (χ3n) is 2.78. The lowest BCUT2D eigenvalue weighted by Gasteiger charge is -2.06. The maximum Gasteiger partial charge on any atom is 0.360 e. The average Bonchev–Trinajstić information content (AvgIpc) is 2.96. The van der Waals surface area contributed by atoms with E-state index in [0.717, 1.165) is 12.2 Å². The van der Waals surface area contributed by atoms with Gasteiger partial charge in [-0.1, -0.05) is 0 Å². The number of aromatic nitrogens is 2. The van der Waals surface area contributed by atoms with Crippen LogP contribution in [0.1, 0.15) is 21.9 Å². The van der Waals surface area contributed by atoms with Crippen molar-refractivity contribution < 1.29 is 9.53 Å². The van der Waals surface area contributed by atoms with Gasteiger partial charge >= 0.3 is 5.97 Å². The molecule has 0 saturated carbocycles. The molecule has 0 saturated heterocycles. The number of ether oxygens (including phenoxy) is 1. The number of thiophene rings is 1. The predicted octanol–water partition coefficient (Wildman–Crippen LogP) is 1.86. The molecule has 0 atom stereocenters. The average molecular weight is 265 g/mol. The van der Waals surface area contributed by atoms with Crippen LogP contribution in [0.5, 0.6) is 0 Å². The van der Waals surface area contributed by atoms with Gasteiger partial charge in [0.15, 0.2) is 5.69 Å². The molecule has 0 bridgehead atoms. The normalized spacial score (nSPS) is 10.6. The maximum absolute atomic E-state index is 11.5. The third-order valence-corrected chi connectivity index (χ3v) is 3.51. The van der Waals surface area contributed by atoms with Gasteiger partial charge in [0.2, 0.25) is 0 Å². The van der Waals surface area contributed by atoms with Gasteiger partial charge < -0.3 is 15.0 Å². The molecule has 96 valence electrons. The molecule has 2 aromatic heterocycles. The van der Waals surface area contributed by atoms with Crippen LogP contribution in [-0.2, 0) is 17.7 Å². The van der Waals surface area contributed by atoms with E-state index in [1.807, 2.05) is 16.9 Å². The Morgan fingerprint density at radius 2 is 2.39 bits per heavy atom. The van der Waals surface area contributed by atoms with E-state index in [0.29, 0.717) is 12.4 Å². The number of methoxy groups -OCH3 is 1. The van der Waals surface area contributed by atoms with Gasteiger partial charge in [0.25, 0.3) is 0 Å². The standard InChI is InChI=1S/C12H15N3O2S/c1-8-14-10(12(16)17-2)11(13)15(8)5-3-9-4-6-18-7-9/h4,6-7H,3,5,13H2,1-2H3. The molecule has 0 aliphatic heterocycles. The van der Waals surface area contributed by atoms with Crippen molar-refractivity contribution in [3.63, 3.8) is 0 Å². The fraction of sp³-hybridized carbons (Fsp3) is 0.333. The molecule has 0 fully saturated rings. The molecule has 0 aromatic carbocycles. The van der Waals surface area contributed by atoms with Crippen LogP contribution in [0.2, 0.25) is 0 Å². The quantitative estimate of drug-likeness (QED) is 0.857. The molecule has 0 unspecified atom stereocenters. The first kappa shape index (κ1) is 12.6. The molecule has 2 aromatic rings. The fourth-order valence-corrected chi connectivity index (χ4v) is 2.49. The summed E-state index contributed by atoms with van der Waals surface area (Å²) in [6.45, 7) is 2.54. The lowest BCUT2D eigenvalue weighted by molar-refractivity contribution is 0.0595. The smallest absolute Gasteiger partial charge is 0.360 e. The highest BCUT2D eigenvalue weighted by molar-refractivity contribution is 7.07. The van der Waals surface area contributed by atoms with Gasteiger partial charge in [-0.25, -0.2) is 9.78 Å². The molecule has 0 aliphatic rings. The summed E-state index contributed by atoms with van der Waals surface area (Å²) in [5, 5.41) is 4.14. The number of hydrogen-bond donors (Lipinski definition) is 1. The van der Waals surface area contributed by atoms with Crippen LogP contribution in [-0.4, -0.2) is 22.6 Å². The van der Waals surface area contributed by atoms with Crippen molar-refractivity contribution in [1.29, 1.82) is 0 Å². The predicted molar refractivity (Wildman–Crippen MR) is 70.7 cm³/mol. The van der Waals surface area contributed by atoms with E-state index in [-0.39, 0.29) is 5.69 Å². The molecule has 0 spiro atoms. The Morgan fingerprint density at radius 3 is 3.00 bits per heavy atom. The Kier molecular flexibility index (Phi) is 3.66. The molecule has 0 radical (unpaired) electrons. The Hall–Kier alpha value is -1.82. The number of esters is 1.